The maximum absolute atomic E-state index is 12.3. The fourth-order valence-electron chi connectivity index (χ4n) is 3.09. The molecular weight excluding hydrogens is 468 g/mol. The molecule has 0 fully saturated rings. The van der Waals surface area contributed by atoms with Gasteiger partial charge in [-0.2, -0.15) is 0 Å². The second kappa shape index (κ2) is 15.3. The van der Waals surface area contributed by atoms with Crippen LogP contribution in [0.1, 0.15) is 36.0 Å². The number of carbonyl (C=O) groups is 3. The van der Waals surface area contributed by atoms with E-state index in [-0.39, 0.29) is 18.4 Å². The van der Waals surface area contributed by atoms with Gasteiger partial charge in [0.05, 0.1) is 18.8 Å². The summed E-state index contributed by atoms with van der Waals surface area (Å²) in [5, 5.41) is 5.97. The van der Waals surface area contributed by atoms with E-state index in [1.165, 1.54) is 12.2 Å². The molecule has 35 heavy (non-hydrogen) atoms. The Kier molecular flexibility index (Phi) is 12.1. The highest BCUT2D eigenvalue weighted by atomic mass is 35.5. The normalized spacial score (nSPS) is 10.2. The Morgan fingerprint density at radius 1 is 0.829 bits per heavy atom. The van der Waals surface area contributed by atoms with Crippen LogP contribution in [0.3, 0.4) is 0 Å². The van der Waals surface area contributed by atoms with Crippen LogP contribution in [-0.4, -0.2) is 44.1 Å². The molecule has 0 atom stereocenters. The molecule has 2 amide bonds. The topological polar surface area (TPSA) is 93.7 Å². The monoisotopic (exact) mass is 498 g/mol. The van der Waals surface area contributed by atoms with Gasteiger partial charge in [-0.05, 0) is 73.7 Å². The Balaban J connectivity index is 1.86. The lowest BCUT2D eigenvalue weighted by molar-refractivity contribution is -0.117. The second-order valence-corrected chi connectivity index (χ2v) is 8.04. The molecule has 0 aliphatic heterocycles. The van der Waals surface area contributed by atoms with Crippen LogP contribution in [-0.2, 0) is 14.3 Å². The van der Waals surface area contributed by atoms with E-state index in [9.17, 15) is 14.4 Å². The van der Waals surface area contributed by atoms with E-state index in [0.29, 0.717) is 48.9 Å². The summed E-state index contributed by atoms with van der Waals surface area (Å²) in [7, 11) is 0. The minimum Gasteiger partial charge on any atom is -0.493 e. The minimum absolute atomic E-state index is 0.190. The van der Waals surface area contributed by atoms with E-state index >= 15 is 0 Å². The SMILES string of the molecule is C=CC(=O)NCCCCOC(=O)c1ccc(-c2ccc(Cl)cc2OCCCCNC(=O)C=C)cc1. The van der Waals surface area contributed by atoms with Crippen LogP contribution in [0.2, 0.25) is 5.02 Å². The molecule has 0 aliphatic carbocycles. The molecule has 7 nitrogen and oxygen atoms in total. The van der Waals surface area contributed by atoms with Crippen LogP contribution in [0.25, 0.3) is 11.1 Å². The Morgan fingerprint density at radius 3 is 2.03 bits per heavy atom. The molecule has 2 aromatic carbocycles. The number of unbranched alkanes of at least 4 members (excludes halogenated alkanes) is 2. The summed E-state index contributed by atoms with van der Waals surface area (Å²) < 4.78 is 11.3. The number of benzene rings is 2. The van der Waals surface area contributed by atoms with Crippen molar-refractivity contribution >= 4 is 29.4 Å². The third-order valence-electron chi connectivity index (χ3n) is 4.98. The first-order chi connectivity index (χ1) is 16.9. The highest BCUT2D eigenvalue weighted by Gasteiger charge is 2.11. The van der Waals surface area contributed by atoms with Gasteiger partial charge in [0, 0.05) is 23.7 Å². The lowest BCUT2D eigenvalue weighted by atomic mass is 10.0. The van der Waals surface area contributed by atoms with Crippen LogP contribution >= 0.6 is 11.6 Å². The van der Waals surface area contributed by atoms with E-state index in [1.807, 2.05) is 18.2 Å². The zero-order valence-electron chi connectivity index (χ0n) is 19.7. The number of amides is 2. The molecule has 2 rings (SSSR count). The van der Waals surface area contributed by atoms with Crippen molar-refractivity contribution in [2.45, 2.75) is 25.7 Å². The zero-order chi connectivity index (χ0) is 25.5. The molecule has 0 saturated carbocycles. The molecule has 2 aromatic rings. The number of rotatable bonds is 15. The number of hydrogen-bond donors (Lipinski definition) is 2. The summed E-state index contributed by atoms with van der Waals surface area (Å²) in [4.78, 5) is 34.6. The second-order valence-electron chi connectivity index (χ2n) is 7.61. The number of esters is 1. The lowest BCUT2D eigenvalue weighted by Crippen LogP contribution is -2.22. The number of hydrogen-bond acceptors (Lipinski definition) is 5. The largest absolute Gasteiger partial charge is 0.493 e. The fraction of sp³-hybridized carbons (Fsp3) is 0.296. The van der Waals surface area contributed by atoms with Crippen LogP contribution in [0.4, 0.5) is 0 Å². The highest BCUT2D eigenvalue weighted by molar-refractivity contribution is 6.30. The Hall–Kier alpha value is -3.58. The first-order valence-electron chi connectivity index (χ1n) is 11.4. The van der Waals surface area contributed by atoms with Gasteiger partial charge in [-0.15, -0.1) is 0 Å². The van der Waals surface area contributed by atoms with Gasteiger partial charge < -0.3 is 20.1 Å². The third-order valence-corrected chi connectivity index (χ3v) is 5.21. The zero-order valence-corrected chi connectivity index (χ0v) is 20.4. The Morgan fingerprint density at radius 2 is 1.43 bits per heavy atom. The van der Waals surface area contributed by atoms with Gasteiger partial charge in [-0.1, -0.05) is 36.9 Å². The highest BCUT2D eigenvalue weighted by Crippen LogP contribution is 2.33. The number of halogens is 1. The molecule has 2 N–H and O–H groups in total. The third kappa shape index (κ3) is 10.1. The molecule has 0 radical (unpaired) electrons. The summed E-state index contributed by atoms with van der Waals surface area (Å²) in [6, 6.07) is 12.5. The van der Waals surface area contributed by atoms with E-state index in [1.54, 1.807) is 24.3 Å². The summed E-state index contributed by atoms with van der Waals surface area (Å²) >= 11 is 6.16. The first kappa shape index (κ1) is 27.7. The van der Waals surface area contributed by atoms with Crippen molar-refractivity contribution < 1.29 is 23.9 Å². The van der Waals surface area contributed by atoms with Crippen molar-refractivity contribution in [1.82, 2.24) is 10.6 Å². The predicted molar refractivity (Wildman–Crippen MR) is 138 cm³/mol. The molecule has 186 valence electrons. The van der Waals surface area contributed by atoms with Gasteiger partial charge >= 0.3 is 5.97 Å². The van der Waals surface area contributed by atoms with Crippen molar-refractivity contribution in [3.8, 4) is 16.9 Å². The first-order valence-corrected chi connectivity index (χ1v) is 11.8. The molecule has 0 heterocycles. The molecule has 0 aliphatic rings. The van der Waals surface area contributed by atoms with Crippen molar-refractivity contribution in [1.29, 1.82) is 0 Å². The van der Waals surface area contributed by atoms with Gasteiger partial charge in [0.1, 0.15) is 5.75 Å². The Labute approximate surface area is 211 Å². The van der Waals surface area contributed by atoms with Gasteiger partial charge in [0.25, 0.3) is 0 Å². The minimum atomic E-state index is -0.400. The van der Waals surface area contributed by atoms with Crippen LogP contribution in [0.15, 0.2) is 67.8 Å². The number of nitrogens with one attached hydrogen (secondary N) is 2. The van der Waals surface area contributed by atoms with E-state index in [2.05, 4.69) is 23.8 Å². The molecule has 0 spiro atoms. The molecule has 0 saturated heterocycles. The predicted octanol–water partition coefficient (Wildman–Crippen LogP) is 4.71. The van der Waals surface area contributed by atoms with Crippen LogP contribution in [0.5, 0.6) is 5.75 Å². The van der Waals surface area contributed by atoms with Crippen LogP contribution in [0, 0.1) is 0 Å². The number of ether oxygens (including phenoxy) is 2. The van der Waals surface area contributed by atoms with Crippen molar-refractivity contribution in [3.63, 3.8) is 0 Å². The average Bonchev–Trinajstić information content (AvgIpc) is 2.87. The van der Waals surface area contributed by atoms with E-state index in [4.69, 9.17) is 21.1 Å². The van der Waals surface area contributed by atoms with Gasteiger partial charge in [-0.3, -0.25) is 9.59 Å². The summed E-state index contributed by atoms with van der Waals surface area (Å²) in [5.74, 6) is -0.163. The average molecular weight is 499 g/mol. The fourth-order valence-corrected chi connectivity index (χ4v) is 3.25. The molecule has 0 aromatic heterocycles. The van der Waals surface area contributed by atoms with Gasteiger partial charge in [0.2, 0.25) is 11.8 Å². The summed E-state index contributed by atoms with van der Waals surface area (Å²) in [5.41, 5.74) is 2.19. The maximum atomic E-state index is 12.3. The standard InChI is InChI=1S/C27H31ClN2O5/c1-3-25(31)29-15-5-7-17-34-24-19-22(28)13-14-23(24)20-9-11-21(12-10-20)27(33)35-18-8-6-16-30-26(32)4-2/h3-4,9-14,19H,1-2,5-8,15-18H2,(H,29,31)(H,30,32). The maximum Gasteiger partial charge on any atom is 0.338 e. The molecule has 8 heteroatoms. The number of carbonyl (C=O) groups excluding carboxylic acids is 3. The smallest absolute Gasteiger partial charge is 0.338 e. The quantitative estimate of drug-likeness (QED) is 0.211. The molecule has 0 unspecified atom stereocenters. The molecule has 0 bridgehead atoms. The summed E-state index contributed by atoms with van der Waals surface area (Å²) in [6.45, 7) is 8.62. The van der Waals surface area contributed by atoms with Crippen molar-refractivity contribution in [2.75, 3.05) is 26.3 Å². The van der Waals surface area contributed by atoms with E-state index < -0.39 is 5.97 Å². The Bertz CT molecular complexity index is 1020. The van der Waals surface area contributed by atoms with Crippen molar-refractivity contribution in [3.05, 3.63) is 78.4 Å². The van der Waals surface area contributed by atoms with Crippen molar-refractivity contribution in [2.24, 2.45) is 0 Å². The van der Waals surface area contributed by atoms with Crippen LogP contribution < -0.4 is 15.4 Å². The van der Waals surface area contributed by atoms with Gasteiger partial charge in [0.15, 0.2) is 0 Å². The lowest BCUT2D eigenvalue weighted by Gasteiger charge is -2.13. The van der Waals surface area contributed by atoms with E-state index in [0.717, 1.165) is 24.0 Å². The summed E-state index contributed by atoms with van der Waals surface area (Å²) in [6.07, 6.45) is 5.35. The molecular formula is C27H31ClN2O5. The van der Waals surface area contributed by atoms with Gasteiger partial charge in [-0.25, -0.2) is 4.79 Å².